The second-order valence-corrected chi connectivity index (χ2v) is 3.79. The number of nitriles is 1. The molecule has 84 valence electrons. The number of nitrogens with one attached hydrogen (secondary N) is 1. The Morgan fingerprint density at radius 3 is 2.81 bits per heavy atom. The van der Waals surface area contributed by atoms with E-state index < -0.39 is 5.91 Å². The van der Waals surface area contributed by atoms with Crippen molar-refractivity contribution in [3.63, 3.8) is 0 Å². The lowest BCUT2D eigenvalue weighted by Crippen LogP contribution is -2.26. The molecule has 0 aliphatic heterocycles. The number of nitrogens with zero attached hydrogens (tertiary/aromatic N) is 1. The number of hydroxylamine groups is 1. The monoisotopic (exact) mass is 218 g/mol. The Bertz CT molecular complexity index is 408. The van der Waals surface area contributed by atoms with Gasteiger partial charge in [-0.25, -0.2) is 5.48 Å². The summed E-state index contributed by atoms with van der Waals surface area (Å²) in [6, 6.07) is 8.56. The molecule has 0 bridgehead atoms. The minimum atomic E-state index is -0.391. The molecule has 1 amide bonds. The third-order valence-electron chi connectivity index (χ3n) is 1.87. The standard InChI is InChI=1S/C12H14N2O2/c1-9(2)8-16-14-12(15)11-6-4-3-5-10(11)7-13/h3-6,9H,8H2,1-2H3,(H,14,15). The van der Waals surface area contributed by atoms with Crippen LogP contribution in [0.15, 0.2) is 24.3 Å². The third-order valence-corrected chi connectivity index (χ3v) is 1.87. The summed E-state index contributed by atoms with van der Waals surface area (Å²) in [5.74, 6) is -0.0516. The smallest absolute Gasteiger partial charge is 0.273 e. The highest BCUT2D eigenvalue weighted by molar-refractivity contribution is 5.95. The van der Waals surface area contributed by atoms with E-state index in [-0.39, 0.29) is 0 Å². The molecule has 0 aromatic heterocycles. The fraction of sp³-hybridized carbons (Fsp3) is 0.333. The zero-order chi connectivity index (χ0) is 12.0. The number of amides is 1. The first-order valence-electron chi connectivity index (χ1n) is 5.06. The molecular weight excluding hydrogens is 204 g/mol. The Morgan fingerprint density at radius 1 is 1.50 bits per heavy atom. The van der Waals surface area contributed by atoms with Gasteiger partial charge in [-0.3, -0.25) is 9.63 Å². The van der Waals surface area contributed by atoms with Crippen molar-refractivity contribution < 1.29 is 9.63 Å². The molecule has 0 heterocycles. The first-order chi connectivity index (χ1) is 7.65. The van der Waals surface area contributed by atoms with Gasteiger partial charge in [-0.15, -0.1) is 0 Å². The van der Waals surface area contributed by atoms with Gasteiger partial charge in [0.25, 0.3) is 5.91 Å². The Morgan fingerprint density at radius 2 is 2.19 bits per heavy atom. The van der Waals surface area contributed by atoms with Crippen LogP contribution in [0.2, 0.25) is 0 Å². The molecular formula is C12H14N2O2. The zero-order valence-electron chi connectivity index (χ0n) is 9.36. The predicted molar refractivity (Wildman–Crippen MR) is 59.4 cm³/mol. The summed E-state index contributed by atoms with van der Waals surface area (Å²) in [5, 5.41) is 8.81. The van der Waals surface area contributed by atoms with E-state index in [1.807, 2.05) is 19.9 Å². The van der Waals surface area contributed by atoms with E-state index in [0.717, 1.165) is 0 Å². The predicted octanol–water partition coefficient (Wildman–Crippen LogP) is 1.88. The summed E-state index contributed by atoms with van der Waals surface area (Å²) in [6.45, 7) is 4.41. The van der Waals surface area contributed by atoms with Gasteiger partial charge in [-0.1, -0.05) is 26.0 Å². The van der Waals surface area contributed by atoms with Gasteiger partial charge >= 0.3 is 0 Å². The lowest BCUT2D eigenvalue weighted by atomic mass is 10.1. The van der Waals surface area contributed by atoms with Crippen LogP contribution >= 0.6 is 0 Å². The largest absolute Gasteiger partial charge is 0.276 e. The van der Waals surface area contributed by atoms with Crippen molar-refractivity contribution in [3.8, 4) is 6.07 Å². The number of rotatable bonds is 4. The number of carbonyl (C=O) groups excluding carboxylic acids is 1. The van der Waals surface area contributed by atoms with Gasteiger partial charge in [-0.2, -0.15) is 5.26 Å². The minimum Gasteiger partial charge on any atom is -0.273 e. The van der Waals surface area contributed by atoms with E-state index in [9.17, 15) is 4.79 Å². The number of benzene rings is 1. The quantitative estimate of drug-likeness (QED) is 0.785. The Labute approximate surface area is 94.8 Å². The van der Waals surface area contributed by atoms with E-state index in [1.54, 1.807) is 24.3 Å². The molecule has 1 aromatic carbocycles. The topological polar surface area (TPSA) is 62.1 Å². The zero-order valence-corrected chi connectivity index (χ0v) is 9.36. The number of hydrogen-bond donors (Lipinski definition) is 1. The summed E-state index contributed by atoms with van der Waals surface area (Å²) in [7, 11) is 0. The highest BCUT2D eigenvalue weighted by Gasteiger charge is 2.10. The van der Waals surface area contributed by atoms with Crippen molar-refractivity contribution in [2.45, 2.75) is 13.8 Å². The van der Waals surface area contributed by atoms with Gasteiger partial charge < -0.3 is 0 Å². The van der Waals surface area contributed by atoms with Crippen LogP contribution in [-0.4, -0.2) is 12.5 Å². The average Bonchev–Trinajstić information content (AvgIpc) is 2.28. The maximum Gasteiger partial charge on any atom is 0.276 e. The Balaban J connectivity index is 2.63. The molecule has 16 heavy (non-hydrogen) atoms. The van der Waals surface area contributed by atoms with Crippen molar-refractivity contribution in [2.75, 3.05) is 6.61 Å². The molecule has 1 N–H and O–H groups in total. The van der Waals surface area contributed by atoms with Crippen LogP contribution in [0.25, 0.3) is 0 Å². The maximum absolute atomic E-state index is 11.6. The van der Waals surface area contributed by atoms with Crippen LogP contribution in [0.3, 0.4) is 0 Å². The van der Waals surface area contributed by atoms with Crippen molar-refractivity contribution in [1.29, 1.82) is 5.26 Å². The van der Waals surface area contributed by atoms with Crippen LogP contribution in [0.5, 0.6) is 0 Å². The van der Waals surface area contributed by atoms with E-state index in [4.69, 9.17) is 10.1 Å². The Hall–Kier alpha value is -1.86. The van der Waals surface area contributed by atoms with Crippen molar-refractivity contribution in [3.05, 3.63) is 35.4 Å². The highest BCUT2D eigenvalue weighted by atomic mass is 16.6. The van der Waals surface area contributed by atoms with E-state index in [1.165, 1.54) is 0 Å². The normalized spacial score (nSPS) is 9.88. The summed E-state index contributed by atoms with van der Waals surface area (Å²) >= 11 is 0. The molecule has 0 atom stereocenters. The second-order valence-electron chi connectivity index (χ2n) is 3.79. The van der Waals surface area contributed by atoms with Crippen LogP contribution in [-0.2, 0) is 4.84 Å². The number of hydrogen-bond acceptors (Lipinski definition) is 3. The lowest BCUT2D eigenvalue weighted by molar-refractivity contribution is 0.0208. The molecule has 1 rings (SSSR count). The SMILES string of the molecule is CC(C)CONC(=O)c1ccccc1C#N. The van der Waals surface area contributed by atoms with Gasteiger partial charge in [0.15, 0.2) is 0 Å². The van der Waals surface area contributed by atoms with Gasteiger partial charge in [0, 0.05) is 0 Å². The average molecular weight is 218 g/mol. The molecule has 0 unspecified atom stereocenters. The lowest BCUT2D eigenvalue weighted by Gasteiger charge is -2.08. The van der Waals surface area contributed by atoms with Gasteiger partial charge in [-0.05, 0) is 18.1 Å². The van der Waals surface area contributed by atoms with Gasteiger partial charge in [0.2, 0.25) is 0 Å². The van der Waals surface area contributed by atoms with Gasteiger partial charge in [0.05, 0.1) is 23.8 Å². The molecule has 0 saturated heterocycles. The summed E-state index contributed by atoms with van der Waals surface area (Å²) in [6.07, 6.45) is 0. The van der Waals surface area contributed by atoms with E-state index in [2.05, 4.69) is 5.48 Å². The second kappa shape index (κ2) is 5.89. The molecule has 0 spiro atoms. The third kappa shape index (κ3) is 3.37. The first-order valence-corrected chi connectivity index (χ1v) is 5.06. The van der Waals surface area contributed by atoms with Crippen molar-refractivity contribution in [1.82, 2.24) is 5.48 Å². The fourth-order valence-electron chi connectivity index (χ4n) is 1.11. The minimum absolute atomic E-state index is 0.328. The van der Waals surface area contributed by atoms with Crippen LogP contribution in [0, 0.1) is 17.2 Å². The molecule has 4 heteroatoms. The molecule has 1 aromatic rings. The Kier molecular flexibility index (Phi) is 4.49. The van der Waals surface area contributed by atoms with Crippen molar-refractivity contribution >= 4 is 5.91 Å². The van der Waals surface area contributed by atoms with Crippen LogP contribution in [0.1, 0.15) is 29.8 Å². The molecule has 4 nitrogen and oxygen atoms in total. The van der Waals surface area contributed by atoms with E-state index in [0.29, 0.717) is 23.7 Å². The van der Waals surface area contributed by atoms with E-state index >= 15 is 0 Å². The van der Waals surface area contributed by atoms with Gasteiger partial charge in [0.1, 0.15) is 0 Å². The fourth-order valence-corrected chi connectivity index (χ4v) is 1.11. The first kappa shape index (κ1) is 12.2. The summed E-state index contributed by atoms with van der Waals surface area (Å²) < 4.78 is 0. The molecule has 0 aliphatic carbocycles. The maximum atomic E-state index is 11.6. The molecule has 0 saturated carbocycles. The van der Waals surface area contributed by atoms with Crippen LogP contribution < -0.4 is 5.48 Å². The highest BCUT2D eigenvalue weighted by Crippen LogP contribution is 2.06. The molecule has 0 radical (unpaired) electrons. The molecule has 0 aliphatic rings. The summed E-state index contributed by atoms with van der Waals surface area (Å²) in [5.41, 5.74) is 2.98. The van der Waals surface area contributed by atoms with Crippen LogP contribution in [0.4, 0.5) is 0 Å². The number of carbonyl (C=O) groups is 1. The van der Waals surface area contributed by atoms with Crippen molar-refractivity contribution in [2.24, 2.45) is 5.92 Å². The summed E-state index contributed by atoms with van der Waals surface area (Å²) in [4.78, 5) is 16.6. The molecule has 0 fully saturated rings.